The number of thiophene rings is 1. The molecule has 3 N–H and O–H groups in total. The van der Waals surface area contributed by atoms with Crippen LogP contribution in [0.25, 0.3) is 10.1 Å². The van der Waals surface area contributed by atoms with Crippen molar-refractivity contribution in [3.05, 3.63) is 58.4 Å². The zero-order chi connectivity index (χ0) is 16.4. The van der Waals surface area contributed by atoms with Crippen molar-refractivity contribution in [2.75, 3.05) is 5.32 Å². The summed E-state index contributed by atoms with van der Waals surface area (Å²) in [6.07, 6.45) is 0. The fraction of sp³-hybridized carbons (Fsp3) is 0. The highest BCUT2D eigenvalue weighted by molar-refractivity contribution is 7.80. The van der Waals surface area contributed by atoms with Crippen LogP contribution < -0.4 is 10.6 Å². The molecule has 4 nitrogen and oxygen atoms in total. The van der Waals surface area contributed by atoms with Gasteiger partial charge in [0.05, 0.1) is 5.02 Å². The molecule has 3 rings (SSSR count). The summed E-state index contributed by atoms with van der Waals surface area (Å²) in [6, 6.07) is 13.9. The number of rotatable bonds is 2. The van der Waals surface area contributed by atoms with Gasteiger partial charge in [0.2, 0.25) is 0 Å². The molecule has 0 aliphatic rings. The first kappa shape index (κ1) is 15.7. The molecule has 7 heteroatoms. The lowest BCUT2D eigenvalue weighted by Crippen LogP contribution is -2.33. The van der Waals surface area contributed by atoms with Crippen molar-refractivity contribution in [2.24, 2.45) is 0 Å². The Morgan fingerprint density at radius 1 is 1.13 bits per heavy atom. The summed E-state index contributed by atoms with van der Waals surface area (Å²) in [5, 5.41) is 16.2. The SMILES string of the molecule is O=C(NC(=S)Nc1ccc(O)cc1)c1sc2ccccc2c1Cl. The van der Waals surface area contributed by atoms with Gasteiger partial charge in [0, 0.05) is 15.8 Å². The van der Waals surface area contributed by atoms with Gasteiger partial charge in [-0.1, -0.05) is 29.8 Å². The van der Waals surface area contributed by atoms with Crippen LogP contribution in [0.2, 0.25) is 5.02 Å². The van der Waals surface area contributed by atoms with Crippen molar-refractivity contribution < 1.29 is 9.90 Å². The number of carbonyl (C=O) groups excluding carboxylic acids is 1. The van der Waals surface area contributed by atoms with Crippen LogP contribution in [0.3, 0.4) is 0 Å². The second-order valence-corrected chi connectivity index (χ2v) is 6.53. The van der Waals surface area contributed by atoms with Gasteiger partial charge in [0.25, 0.3) is 5.91 Å². The summed E-state index contributed by atoms with van der Waals surface area (Å²) >= 11 is 12.7. The van der Waals surface area contributed by atoms with E-state index in [1.165, 1.54) is 23.5 Å². The Morgan fingerprint density at radius 2 is 1.83 bits per heavy atom. The highest BCUT2D eigenvalue weighted by atomic mass is 35.5. The predicted molar refractivity (Wildman–Crippen MR) is 98.6 cm³/mol. The molecule has 0 atom stereocenters. The van der Waals surface area contributed by atoms with Crippen LogP contribution in [0, 0.1) is 0 Å². The number of fused-ring (bicyclic) bond motifs is 1. The third kappa shape index (κ3) is 3.44. The first-order chi connectivity index (χ1) is 11.0. The zero-order valence-electron chi connectivity index (χ0n) is 11.7. The monoisotopic (exact) mass is 362 g/mol. The second kappa shape index (κ2) is 6.54. The van der Waals surface area contributed by atoms with Gasteiger partial charge in [0.15, 0.2) is 5.11 Å². The van der Waals surface area contributed by atoms with Crippen LogP contribution in [0.1, 0.15) is 9.67 Å². The van der Waals surface area contributed by atoms with E-state index in [1.54, 1.807) is 12.1 Å². The van der Waals surface area contributed by atoms with Gasteiger partial charge < -0.3 is 10.4 Å². The summed E-state index contributed by atoms with van der Waals surface area (Å²) in [5.74, 6) is -0.199. The number of anilines is 1. The molecule has 23 heavy (non-hydrogen) atoms. The molecule has 116 valence electrons. The first-order valence-electron chi connectivity index (χ1n) is 6.63. The molecular formula is C16H11ClN2O2S2. The number of aromatic hydroxyl groups is 1. The summed E-state index contributed by atoms with van der Waals surface area (Å²) in [6.45, 7) is 0. The van der Waals surface area contributed by atoms with Gasteiger partial charge in [-0.05, 0) is 42.5 Å². The Kier molecular flexibility index (Phi) is 4.47. The van der Waals surface area contributed by atoms with E-state index in [9.17, 15) is 9.90 Å². The van der Waals surface area contributed by atoms with Crippen LogP contribution in [0.5, 0.6) is 5.75 Å². The Balaban J connectivity index is 1.73. The van der Waals surface area contributed by atoms with E-state index < -0.39 is 0 Å². The van der Waals surface area contributed by atoms with Gasteiger partial charge in [-0.3, -0.25) is 10.1 Å². The quantitative estimate of drug-likeness (QED) is 0.467. The Bertz CT molecular complexity index is 891. The molecule has 2 aromatic carbocycles. The van der Waals surface area contributed by atoms with E-state index in [0.29, 0.717) is 15.6 Å². The minimum Gasteiger partial charge on any atom is -0.508 e. The molecule has 1 aromatic heterocycles. The number of amides is 1. The standard InChI is InChI=1S/C16H11ClN2O2S2/c17-13-11-3-1-2-4-12(11)23-14(13)15(21)19-16(22)18-9-5-7-10(20)8-6-9/h1-8,20H,(H2,18,19,21,22). The number of halogens is 1. The molecular weight excluding hydrogens is 352 g/mol. The normalized spacial score (nSPS) is 10.5. The van der Waals surface area contributed by atoms with Crippen molar-refractivity contribution in [1.29, 1.82) is 0 Å². The fourth-order valence-electron chi connectivity index (χ4n) is 2.03. The van der Waals surface area contributed by atoms with Gasteiger partial charge >= 0.3 is 0 Å². The molecule has 3 aromatic rings. The predicted octanol–water partition coefficient (Wildman–Crippen LogP) is 4.39. The lowest BCUT2D eigenvalue weighted by atomic mass is 10.2. The molecule has 0 radical (unpaired) electrons. The van der Waals surface area contributed by atoms with E-state index in [2.05, 4.69) is 10.6 Å². The number of thiocarbonyl (C=S) groups is 1. The molecule has 0 bridgehead atoms. The maximum Gasteiger partial charge on any atom is 0.269 e. The van der Waals surface area contributed by atoms with Gasteiger partial charge in [-0.2, -0.15) is 0 Å². The second-order valence-electron chi connectivity index (χ2n) is 4.70. The molecule has 0 unspecified atom stereocenters. The van der Waals surface area contributed by atoms with Gasteiger partial charge in [0.1, 0.15) is 10.6 Å². The number of nitrogens with one attached hydrogen (secondary N) is 2. The van der Waals surface area contributed by atoms with E-state index in [-0.39, 0.29) is 16.8 Å². The molecule has 1 amide bonds. The average molecular weight is 363 g/mol. The van der Waals surface area contributed by atoms with Crippen molar-refractivity contribution in [3.63, 3.8) is 0 Å². The van der Waals surface area contributed by atoms with Crippen molar-refractivity contribution in [2.45, 2.75) is 0 Å². The molecule has 0 saturated carbocycles. The lowest BCUT2D eigenvalue weighted by molar-refractivity contribution is 0.0982. The van der Waals surface area contributed by atoms with E-state index in [0.717, 1.165) is 10.1 Å². The maximum absolute atomic E-state index is 12.3. The number of hydrogen-bond donors (Lipinski definition) is 3. The van der Waals surface area contributed by atoms with Crippen molar-refractivity contribution in [1.82, 2.24) is 5.32 Å². The van der Waals surface area contributed by atoms with Crippen LogP contribution in [-0.2, 0) is 0 Å². The summed E-state index contributed by atoms with van der Waals surface area (Å²) in [7, 11) is 0. The topological polar surface area (TPSA) is 61.4 Å². The van der Waals surface area contributed by atoms with E-state index in [4.69, 9.17) is 23.8 Å². The van der Waals surface area contributed by atoms with Crippen LogP contribution in [0.4, 0.5) is 5.69 Å². The Hall–Kier alpha value is -2.15. The molecule has 0 fully saturated rings. The molecule has 1 heterocycles. The summed E-state index contributed by atoms with van der Waals surface area (Å²) in [4.78, 5) is 12.8. The minimum absolute atomic E-state index is 0.155. The zero-order valence-corrected chi connectivity index (χ0v) is 14.1. The van der Waals surface area contributed by atoms with E-state index in [1.807, 2.05) is 24.3 Å². The highest BCUT2D eigenvalue weighted by Gasteiger charge is 2.17. The Morgan fingerprint density at radius 3 is 2.52 bits per heavy atom. The third-order valence-corrected chi connectivity index (χ3v) is 4.97. The van der Waals surface area contributed by atoms with E-state index >= 15 is 0 Å². The number of phenolic OH excluding ortho intramolecular Hbond substituents is 1. The number of phenols is 1. The van der Waals surface area contributed by atoms with Crippen molar-refractivity contribution >= 4 is 61.9 Å². The van der Waals surface area contributed by atoms with Crippen molar-refractivity contribution in [3.8, 4) is 5.75 Å². The largest absolute Gasteiger partial charge is 0.508 e. The van der Waals surface area contributed by atoms with Gasteiger partial charge in [-0.25, -0.2) is 0 Å². The number of benzene rings is 2. The van der Waals surface area contributed by atoms with Crippen LogP contribution in [0.15, 0.2) is 48.5 Å². The molecule has 0 aliphatic carbocycles. The number of hydrogen-bond acceptors (Lipinski definition) is 4. The summed E-state index contributed by atoms with van der Waals surface area (Å²) in [5.41, 5.74) is 0.663. The maximum atomic E-state index is 12.3. The summed E-state index contributed by atoms with van der Waals surface area (Å²) < 4.78 is 0.945. The third-order valence-electron chi connectivity index (χ3n) is 3.09. The van der Waals surface area contributed by atoms with Gasteiger partial charge in [-0.15, -0.1) is 11.3 Å². The van der Waals surface area contributed by atoms with Crippen LogP contribution in [-0.4, -0.2) is 16.1 Å². The smallest absolute Gasteiger partial charge is 0.269 e. The van der Waals surface area contributed by atoms with Crippen LogP contribution >= 0.6 is 35.2 Å². The lowest BCUT2D eigenvalue weighted by Gasteiger charge is -2.09. The Labute approximate surface area is 146 Å². The first-order valence-corrected chi connectivity index (χ1v) is 8.23. The number of carbonyl (C=O) groups is 1. The highest BCUT2D eigenvalue weighted by Crippen LogP contribution is 2.34. The molecule has 0 aliphatic heterocycles. The molecule has 0 saturated heterocycles. The fourth-order valence-corrected chi connectivity index (χ4v) is 3.65. The minimum atomic E-state index is -0.354. The molecule has 0 spiro atoms. The average Bonchev–Trinajstić information content (AvgIpc) is 2.87.